The first-order valence-corrected chi connectivity index (χ1v) is 9.13. The van der Waals surface area contributed by atoms with Crippen LogP contribution < -0.4 is 0 Å². The Balaban J connectivity index is 4.51. The molecule has 0 aromatic rings. The standard InChI is InChI=1S/C9H15ISi/c1-4-7-11(10,8-5-2)9-6-3/h4-9H,1-3H3. The first-order chi connectivity index (χ1) is 5.18. The molecule has 0 aliphatic carbocycles. The number of halogens is 1. The maximum atomic E-state index is 2.55. The molecule has 0 unspecified atom stereocenters. The highest BCUT2D eigenvalue weighted by Crippen LogP contribution is 2.18. The van der Waals surface area contributed by atoms with E-state index in [1.54, 1.807) is 0 Å². The van der Waals surface area contributed by atoms with Gasteiger partial charge in [-0.2, -0.15) is 0 Å². The van der Waals surface area contributed by atoms with Crippen LogP contribution in [0.5, 0.6) is 0 Å². The summed E-state index contributed by atoms with van der Waals surface area (Å²) in [6.07, 6.45) is 6.41. The van der Waals surface area contributed by atoms with E-state index in [4.69, 9.17) is 0 Å². The van der Waals surface area contributed by atoms with Gasteiger partial charge in [-0.05, 0) is 20.8 Å². The van der Waals surface area contributed by atoms with Crippen molar-refractivity contribution in [3.8, 4) is 0 Å². The molecule has 0 atom stereocenters. The summed E-state index contributed by atoms with van der Waals surface area (Å²) in [5, 5.41) is 0. The van der Waals surface area contributed by atoms with Crippen LogP contribution >= 0.6 is 21.8 Å². The van der Waals surface area contributed by atoms with Crippen molar-refractivity contribution in [2.75, 3.05) is 0 Å². The molecule has 0 saturated heterocycles. The summed E-state index contributed by atoms with van der Waals surface area (Å²) in [5.74, 6) is 0. The predicted molar refractivity (Wildman–Crippen MR) is 64.2 cm³/mol. The molecule has 0 rings (SSSR count). The molecule has 0 aromatic carbocycles. The smallest absolute Gasteiger partial charge is 0.102 e. The van der Waals surface area contributed by atoms with Gasteiger partial charge in [-0.1, -0.05) is 35.3 Å². The SMILES string of the molecule is CC=C[Si](I)(C=CC)C=CC. The van der Waals surface area contributed by atoms with Gasteiger partial charge in [0.1, 0.15) is 0 Å². The molecule has 0 heterocycles. The first-order valence-electron chi connectivity index (χ1n) is 3.79. The van der Waals surface area contributed by atoms with Crippen LogP contribution in [0.4, 0.5) is 0 Å². The number of hydrogen-bond donors (Lipinski definition) is 0. The second kappa shape index (κ2) is 5.77. The van der Waals surface area contributed by atoms with Gasteiger partial charge in [0.15, 0.2) is 5.57 Å². The van der Waals surface area contributed by atoms with E-state index in [1.165, 1.54) is 0 Å². The average Bonchev–Trinajstić information content (AvgIpc) is 1.88. The molecule has 0 aliphatic heterocycles. The highest BCUT2D eigenvalue weighted by molar-refractivity contribution is 14.1. The van der Waals surface area contributed by atoms with Gasteiger partial charge in [-0.15, -0.1) is 21.8 Å². The minimum absolute atomic E-state index is 1.32. The maximum absolute atomic E-state index is 2.55. The van der Waals surface area contributed by atoms with Crippen molar-refractivity contribution >= 4 is 27.4 Å². The Kier molecular flexibility index (Phi) is 5.86. The summed E-state index contributed by atoms with van der Waals surface area (Å²) in [6, 6.07) is 0. The van der Waals surface area contributed by atoms with E-state index in [0.29, 0.717) is 0 Å². The molecule has 11 heavy (non-hydrogen) atoms. The summed E-state index contributed by atoms with van der Waals surface area (Å²) < 4.78 is 0. The molecule has 0 bridgehead atoms. The Bertz CT molecular complexity index is 149. The van der Waals surface area contributed by atoms with Crippen LogP contribution in [0.15, 0.2) is 35.3 Å². The van der Waals surface area contributed by atoms with E-state index < -0.39 is 5.57 Å². The molecule has 0 nitrogen and oxygen atoms in total. The van der Waals surface area contributed by atoms with Gasteiger partial charge in [0.2, 0.25) is 0 Å². The van der Waals surface area contributed by atoms with Crippen LogP contribution in [-0.2, 0) is 0 Å². The zero-order valence-corrected chi connectivity index (χ0v) is 10.5. The van der Waals surface area contributed by atoms with E-state index in [-0.39, 0.29) is 0 Å². The second-order valence-corrected chi connectivity index (χ2v) is 10.6. The summed E-state index contributed by atoms with van der Waals surface area (Å²) in [7, 11) is 0. The number of rotatable bonds is 3. The first kappa shape index (κ1) is 11.2. The third-order valence-corrected chi connectivity index (χ3v) is 7.04. The molecule has 62 valence electrons. The lowest BCUT2D eigenvalue weighted by atomic mass is 10.8. The Morgan fingerprint density at radius 3 is 1.27 bits per heavy atom. The summed E-state index contributed by atoms with van der Waals surface area (Å²) in [4.78, 5) is 0. The topological polar surface area (TPSA) is 0 Å². The average molecular weight is 278 g/mol. The Morgan fingerprint density at radius 1 is 0.818 bits per heavy atom. The molecule has 0 fully saturated rings. The van der Waals surface area contributed by atoms with Gasteiger partial charge in [0, 0.05) is 0 Å². The lowest BCUT2D eigenvalue weighted by molar-refractivity contribution is 1.73. The maximum Gasteiger partial charge on any atom is 0.194 e. The van der Waals surface area contributed by atoms with Crippen molar-refractivity contribution < 1.29 is 0 Å². The molecule has 0 aromatic heterocycles. The second-order valence-electron chi connectivity index (χ2n) is 2.33. The van der Waals surface area contributed by atoms with E-state index >= 15 is 0 Å². The van der Waals surface area contributed by atoms with Crippen LogP contribution in [0.1, 0.15) is 20.8 Å². The quantitative estimate of drug-likeness (QED) is 0.419. The van der Waals surface area contributed by atoms with Crippen molar-refractivity contribution in [1.82, 2.24) is 0 Å². The molecule has 0 N–H and O–H groups in total. The summed E-state index contributed by atoms with van der Waals surface area (Å²) in [5.41, 5.74) is 5.62. The van der Waals surface area contributed by atoms with Crippen molar-refractivity contribution in [2.24, 2.45) is 0 Å². The Labute approximate surface area is 83.3 Å². The molecular formula is C9H15ISi. The van der Waals surface area contributed by atoms with Gasteiger partial charge in [-0.25, -0.2) is 0 Å². The van der Waals surface area contributed by atoms with Gasteiger partial charge in [-0.3, -0.25) is 0 Å². The van der Waals surface area contributed by atoms with E-state index in [0.717, 1.165) is 0 Å². The lowest BCUT2D eigenvalue weighted by Gasteiger charge is -2.09. The number of allylic oxidation sites excluding steroid dienone is 3. The van der Waals surface area contributed by atoms with Gasteiger partial charge < -0.3 is 0 Å². The fourth-order valence-corrected chi connectivity index (χ4v) is 6.04. The molecule has 0 spiro atoms. The minimum Gasteiger partial charge on any atom is -0.102 e. The molecule has 0 radical (unpaired) electrons. The van der Waals surface area contributed by atoms with Gasteiger partial charge in [0.25, 0.3) is 0 Å². The highest BCUT2D eigenvalue weighted by Gasteiger charge is 2.17. The van der Waals surface area contributed by atoms with Gasteiger partial charge in [0.05, 0.1) is 0 Å². The Hall–Kier alpha value is 0.167. The third-order valence-electron chi connectivity index (χ3n) is 1.27. The number of hydrogen-bond acceptors (Lipinski definition) is 0. The van der Waals surface area contributed by atoms with Crippen molar-refractivity contribution in [3.63, 3.8) is 0 Å². The van der Waals surface area contributed by atoms with Crippen LogP contribution in [0.3, 0.4) is 0 Å². The zero-order chi connectivity index (χ0) is 8.74. The monoisotopic (exact) mass is 278 g/mol. The van der Waals surface area contributed by atoms with E-state index in [9.17, 15) is 0 Å². The summed E-state index contributed by atoms with van der Waals surface area (Å²) in [6.45, 7) is 6.23. The molecule has 2 heteroatoms. The normalized spacial score (nSPS) is 18.5. The molecule has 0 saturated carbocycles. The zero-order valence-electron chi connectivity index (χ0n) is 7.34. The Morgan fingerprint density at radius 2 is 1.09 bits per heavy atom. The molecular weight excluding hydrogens is 263 g/mol. The minimum atomic E-state index is -1.32. The van der Waals surface area contributed by atoms with Crippen molar-refractivity contribution in [1.29, 1.82) is 0 Å². The highest BCUT2D eigenvalue weighted by atomic mass is 127. The predicted octanol–water partition coefficient (Wildman–Crippen LogP) is 3.71. The fraction of sp³-hybridized carbons (Fsp3) is 0.333. The largest absolute Gasteiger partial charge is 0.194 e. The molecule has 0 aliphatic rings. The van der Waals surface area contributed by atoms with Crippen molar-refractivity contribution in [3.05, 3.63) is 35.3 Å². The third kappa shape index (κ3) is 4.58. The van der Waals surface area contributed by atoms with Crippen molar-refractivity contribution in [2.45, 2.75) is 20.8 Å². The van der Waals surface area contributed by atoms with E-state index in [2.05, 4.69) is 77.9 Å². The fourth-order valence-electron chi connectivity index (χ4n) is 0.933. The van der Waals surface area contributed by atoms with Crippen LogP contribution in [-0.4, -0.2) is 5.57 Å². The van der Waals surface area contributed by atoms with Gasteiger partial charge >= 0.3 is 0 Å². The lowest BCUT2D eigenvalue weighted by Crippen LogP contribution is -2.17. The van der Waals surface area contributed by atoms with E-state index in [1.807, 2.05) is 0 Å². The van der Waals surface area contributed by atoms with Crippen LogP contribution in [0.2, 0.25) is 0 Å². The molecule has 0 amide bonds. The summed E-state index contributed by atoms with van der Waals surface area (Å²) >= 11 is 2.55. The van der Waals surface area contributed by atoms with Crippen LogP contribution in [0.25, 0.3) is 0 Å². The van der Waals surface area contributed by atoms with Crippen LogP contribution in [0, 0.1) is 0 Å².